The number of hydrogen-bond acceptors (Lipinski definition) is 4. The maximum atomic E-state index is 13.0. The van der Waals surface area contributed by atoms with Crippen molar-refractivity contribution < 1.29 is 27.5 Å². The average Bonchev–Trinajstić information content (AvgIpc) is 3.18. The standard InChI is InChI=1S/C25H24F3NO3S/c1-5-32-23(31)21-20(16-6-8-18(9-7-16)25(26,27)28)14-33-22(21)29(15-30)19-12-10-17(11-13-19)24(2,3)4/h6-15H,5H2,1-4H3. The molecule has 2 aromatic carbocycles. The number of anilines is 2. The molecule has 8 heteroatoms. The second-order valence-electron chi connectivity index (χ2n) is 8.40. The minimum absolute atomic E-state index is 0.0701. The van der Waals surface area contributed by atoms with Gasteiger partial charge in [-0.25, -0.2) is 4.79 Å². The van der Waals surface area contributed by atoms with E-state index in [1.807, 2.05) is 12.1 Å². The van der Waals surface area contributed by atoms with Gasteiger partial charge in [0.2, 0.25) is 6.41 Å². The van der Waals surface area contributed by atoms with Crippen LogP contribution >= 0.6 is 11.3 Å². The number of thiophene rings is 1. The molecule has 0 radical (unpaired) electrons. The van der Waals surface area contributed by atoms with Crippen molar-refractivity contribution in [2.45, 2.75) is 39.3 Å². The molecule has 0 bridgehead atoms. The van der Waals surface area contributed by atoms with Crippen LogP contribution in [0.15, 0.2) is 53.9 Å². The van der Waals surface area contributed by atoms with Gasteiger partial charge in [-0.1, -0.05) is 45.0 Å². The van der Waals surface area contributed by atoms with Crippen LogP contribution in [-0.4, -0.2) is 19.0 Å². The van der Waals surface area contributed by atoms with Crippen LogP contribution in [0.5, 0.6) is 0 Å². The molecule has 1 amide bonds. The average molecular weight is 476 g/mol. The van der Waals surface area contributed by atoms with Crippen molar-refractivity contribution >= 4 is 34.4 Å². The van der Waals surface area contributed by atoms with Crippen LogP contribution in [0.3, 0.4) is 0 Å². The number of alkyl halides is 3. The van der Waals surface area contributed by atoms with Gasteiger partial charge < -0.3 is 4.74 Å². The molecule has 3 rings (SSSR count). The Hall–Kier alpha value is -3.13. The highest BCUT2D eigenvalue weighted by atomic mass is 32.1. The van der Waals surface area contributed by atoms with Crippen molar-refractivity contribution in [1.82, 2.24) is 0 Å². The van der Waals surface area contributed by atoms with Crippen LogP contribution in [0.2, 0.25) is 0 Å². The van der Waals surface area contributed by atoms with E-state index in [9.17, 15) is 22.8 Å². The van der Waals surface area contributed by atoms with E-state index in [4.69, 9.17) is 4.74 Å². The zero-order chi connectivity index (χ0) is 24.4. The van der Waals surface area contributed by atoms with Crippen LogP contribution in [0.4, 0.5) is 23.9 Å². The van der Waals surface area contributed by atoms with Gasteiger partial charge in [0, 0.05) is 16.6 Å². The normalized spacial score (nSPS) is 11.8. The van der Waals surface area contributed by atoms with Crippen LogP contribution in [0, 0.1) is 0 Å². The number of amides is 1. The summed E-state index contributed by atoms with van der Waals surface area (Å²) in [6, 6.07) is 12.0. The fourth-order valence-electron chi connectivity index (χ4n) is 3.32. The van der Waals surface area contributed by atoms with E-state index in [-0.39, 0.29) is 17.6 Å². The van der Waals surface area contributed by atoms with Crippen molar-refractivity contribution in [3.8, 4) is 11.1 Å². The Labute approximate surface area is 194 Å². The third kappa shape index (κ3) is 5.27. The summed E-state index contributed by atoms with van der Waals surface area (Å²) >= 11 is 1.14. The number of carbonyl (C=O) groups excluding carboxylic acids is 2. The second kappa shape index (κ2) is 9.39. The number of hydrogen-bond donors (Lipinski definition) is 0. The summed E-state index contributed by atoms with van der Waals surface area (Å²) in [5.74, 6) is -0.651. The number of benzene rings is 2. The van der Waals surface area contributed by atoms with Gasteiger partial charge in [-0.2, -0.15) is 13.2 Å². The van der Waals surface area contributed by atoms with Crippen LogP contribution in [-0.2, 0) is 21.1 Å². The Morgan fingerprint density at radius 1 is 1.00 bits per heavy atom. The Morgan fingerprint density at radius 2 is 1.58 bits per heavy atom. The lowest BCUT2D eigenvalue weighted by molar-refractivity contribution is -0.137. The Balaban J connectivity index is 2.09. The van der Waals surface area contributed by atoms with Gasteiger partial charge in [0.05, 0.1) is 12.2 Å². The predicted octanol–water partition coefficient (Wildman–Crippen LogP) is 7.20. The number of carbonyl (C=O) groups is 2. The molecule has 3 aromatic rings. The predicted molar refractivity (Wildman–Crippen MR) is 124 cm³/mol. The van der Waals surface area contributed by atoms with Gasteiger partial charge in [0.25, 0.3) is 0 Å². The van der Waals surface area contributed by atoms with Crippen molar-refractivity contribution in [2.75, 3.05) is 11.5 Å². The molecule has 0 aliphatic carbocycles. The summed E-state index contributed by atoms with van der Waals surface area (Å²) in [7, 11) is 0. The van der Waals surface area contributed by atoms with E-state index >= 15 is 0 Å². The minimum Gasteiger partial charge on any atom is -0.462 e. The van der Waals surface area contributed by atoms with Gasteiger partial charge in [-0.3, -0.25) is 9.69 Å². The van der Waals surface area contributed by atoms with E-state index in [2.05, 4.69) is 20.8 Å². The third-order valence-corrected chi connectivity index (χ3v) is 6.09. The molecule has 0 aliphatic rings. The first-order valence-corrected chi connectivity index (χ1v) is 11.2. The summed E-state index contributed by atoms with van der Waals surface area (Å²) in [6.45, 7) is 8.00. The van der Waals surface area contributed by atoms with Crippen LogP contribution in [0.1, 0.15) is 49.2 Å². The number of nitrogens with zero attached hydrogens (tertiary/aromatic N) is 1. The maximum absolute atomic E-state index is 13.0. The van der Waals surface area contributed by atoms with Crippen molar-refractivity contribution in [1.29, 1.82) is 0 Å². The fourth-order valence-corrected chi connectivity index (χ4v) is 4.38. The maximum Gasteiger partial charge on any atom is 0.416 e. The van der Waals surface area contributed by atoms with Gasteiger partial charge in [0.15, 0.2) is 0 Å². The lowest BCUT2D eigenvalue weighted by atomic mass is 9.87. The highest BCUT2D eigenvalue weighted by molar-refractivity contribution is 7.15. The van der Waals surface area contributed by atoms with E-state index in [1.165, 1.54) is 17.0 Å². The van der Waals surface area contributed by atoms with Crippen molar-refractivity contribution in [3.05, 3.63) is 70.6 Å². The molecule has 1 aromatic heterocycles. The van der Waals surface area contributed by atoms with Gasteiger partial charge in [0.1, 0.15) is 10.6 Å². The van der Waals surface area contributed by atoms with Gasteiger partial charge in [-0.15, -0.1) is 11.3 Å². The van der Waals surface area contributed by atoms with E-state index in [0.29, 0.717) is 28.2 Å². The van der Waals surface area contributed by atoms with Gasteiger partial charge in [-0.05, 0) is 47.7 Å². The molecule has 0 unspecified atom stereocenters. The molecule has 4 nitrogen and oxygen atoms in total. The highest BCUT2D eigenvalue weighted by Crippen LogP contribution is 2.42. The lowest BCUT2D eigenvalue weighted by Gasteiger charge is -2.22. The fraction of sp³-hybridized carbons (Fsp3) is 0.280. The van der Waals surface area contributed by atoms with Crippen LogP contribution in [0.25, 0.3) is 11.1 Å². The molecule has 0 saturated carbocycles. The minimum atomic E-state index is -4.46. The first-order chi connectivity index (χ1) is 15.5. The molecule has 0 spiro atoms. The van der Waals surface area contributed by atoms with Crippen LogP contribution < -0.4 is 4.90 Å². The monoisotopic (exact) mass is 475 g/mol. The SMILES string of the molecule is CCOC(=O)c1c(-c2ccc(C(F)(F)F)cc2)csc1N(C=O)c1ccc(C(C)(C)C)cc1. The van der Waals surface area contributed by atoms with Gasteiger partial charge >= 0.3 is 12.1 Å². The largest absolute Gasteiger partial charge is 0.462 e. The molecule has 0 aliphatic heterocycles. The summed E-state index contributed by atoms with van der Waals surface area (Å²) in [5, 5.41) is 1.98. The van der Waals surface area contributed by atoms with Crippen molar-refractivity contribution in [2.24, 2.45) is 0 Å². The van der Waals surface area contributed by atoms with E-state index < -0.39 is 17.7 Å². The van der Waals surface area contributed by atoms with E-state index in [0.717, 1.165) is 29.0 Å². The molecule has 0 atom stereocenters. The molecule has 1 heterocycles. The molecular formula is C25H24F3NO3S. The van der Waals surface area contributed by atoms with E-state index in [1.54, 1.807) is 24.4 Å². The topological polar surface area (TPSA) is 46.6 Å². The number of rotatable bonds is 6. The molecule has 0 fully saturated rings. The summed E-state index contributed by atoms with van der Waals surface area (Å²) < 4.78 is 44.1. The first-order valence-electron chi connectivity index (χ1n) is 10.3. The highest BCUT2D eigenvalue weighted by Gasteiger charge is 2.31. The zero-order valence-corrected chi connectivity index (χ0v) is 19.5. The molecular weight excluding hydrogens is 451 g/mol. The number of esters is 1. The summed E-state index contributed by atoms with van der Waals surface area (Å²) in [4.78, 5) is 26.3. The smallest absolute Gasteiger partial charge is 0.416 e. The quantitative estimate of drug-likeness (QED) is 0.280. The number of halogens is 3. The molecule has 174 valence electrons. The summed E-state index contributed by atoms with van der Waals surface area (Å²) in [5.41, 5.74) is 1.74. The second-order valence-corrected chi connectivity index (χ2v) is 9.26. The molecule has 0 N–H and O–H groups in total. The Bertz CT molecular complexity index is 1130. The molecule has 33 heavy (non-hydrogen) atoms. The Kier molecular flexibility index (Phi) is 6.97. The lowest BCUT2D eigenvalue weighted by Crippen LogP contribution is -2.18. The number of ether oxygens (including phenoxy) is 1. The zero-order valence-electron chi connectivity index (χ0n) is 18.7. The molecule has 0 saturated heterocycles. The summed E-state index contributed by atoms with van der Waals surface area (Å²) in [6.07, 6.45) is -3.85. The first kappa shape index (κ1) is 24.5. The Morgan fingerprint density at radius 3 is 2.06 bits per heavy atom. The third-order valence-electron chi connectivity index (χ3n) is 5.11. The van der Waals surface area contributed by atoms with Crippen molar-refractivity contribution in [3.63, 3.8) is 0 Å².